The first-order chi connectivity index (χ1) is 12.5. The molecule has 0 amide bonds. The highest BCUT2D eigenvalue weighted by atomic mass is 35.5. The van der Waals surface area contributed by atoms with E-state index in [9.17, 15) is 0 Å². The standard InChI is InChI=1S/C20H23ClN4S/c1-4-24-19(18-8-6-5-7-15(18)2)22-25(20(24)26)14-23(3)13-16-9-11-17(21)12-10-16/h5-12H,4,13-14H2,1-3H3. The zero-order chi connectivity index (χ0) is 18.7. The minimum atomic E-state index is 0.632. The lowest BCUT2D eigenvalue weighted by Crippen LogP contribution is -2.22. The third-order valence-corrected chi connectivity index (χ3v) is 5.05. The first-order valence-corrected chi connectivity index (χ1v) is 9.45. The molecule has 136 valence electrons. The van der Waals surface area contributed by atoms with Gasteiger partial charge < -0.3 is 4.57 Å². The molecule has 3 rings (SSSR count). The van der Waals surface area contributed by atoms with Gasteiger partial charge in [-0.05, 0) is 56.4 Å². The number of nitrogens with zero attached hydrogens (tertiary/aromatic N) is 4. The molecule has 0 bridgehead atoms. The Labute approximate surface area is 164 Å². The molecule has 6 heteroatoms. The molecule has 4 nitrogen and oxygen atoms in total. The predicted molar refractivity (Wildman–Crippen MR) is 110 cm³/mol. The van der Waals surface area contributed by atoms with Crippen molar-refractivity contribution in [3.63, 3.8) is 0 Å². The summed E-state index contributed by atoms with van der Waals surface area (Å²) >= 11 is 11.6. The topological polar surface area (TPSA) is 26.0 Å². The zero-order valence-corrected chi connectivity index (χ0v) is 16.9. The molecule has 0 N–H and O–H groups in total. The number of aryl methyl sites for hydroxylation is 1. The molecule has 0 saturated carbocycles. The van der Waals surface area contributed by atoms with Gasteiger partial charge in [0.05, 0.1) is 6.67 Å². The summed E-state index contributed by atoms with van der Waals surface area (Å²) in [5, 5.41) is 5.57. The number of halogens is 1. The summed E-state index contributed by atoms with van der Waals surface area (Å²) in [6, 6.07) is 16.2. The van der Waals surface area contributed by atoms with Crippen molar-refractivity contribution in [2.45, 2.75) is 33.6 Å². The van der Waals surface area contributed by atoms with Crippen LogP contribution in [0, 0.1) is 11.7 Å². The highest BCUT2D eigenvalue weighted by Gasteiger charge is 2.14. The molecule has 0 aliphatic rings. The van der Waals surface area contributed by atoms with Crippen LogP contribution in [0.25, 0.3) is 11.4 Å². The number of hydrogen-bond donors (Lipinski definition) is 0. The third-order valence-electron chi connectivity index (χ3n) is 4.37. The molecule has 0 radical (unpaired) electrons. The number of benzene rings is 2. The maximum atomic E-state index is 5.96. The number of rotatable bonds is 6. The minimum absolute atomic E-state index is 0.632. The molecule has 26 heavy (non-hydrogen) atoms. The molecule has 0 aliphatic carbocycles. The summed E-state index contributed by atoms with van der Waals surface area (Å²) in [5.41, 5.74) is 3.53. The Morgan fingerprint density at radius 2 is 1.81 bits per heavy atom. The smallest absolute Gasteiger partial charge is 0.199 e. The molecule has 2 aromatic carbocycles. The Morgan fingerprint density at radius 3 is 2.46 bits per heavy atom. The SMILES string of the molecule is CCn1c(-c2ccccc2C)nn(CN(C)Cc2ccc(Cl)cc2)c1=S. The molecule has 1 aromatic heterocycles. The van der Waals surface area contributed by atoms with Gasteiger partial charge in [-0.2, -0.15) is 5.10 Å². The van der Waals surface area contributed by atoms with Crippen LogP contribution in [0.4, 0.5) is 0 Å². The molecule has 0 atom stereocenters. The molecule has 0 aliphatic heterocycles. The van der Waals surface area contributed by atoms with Gasteiger partial charge in [0.15, 0.2) is 10.6 Å². The van der Waals surface area contributed by atoms with Crippen LogP contribution in [0.2, 0.25) is 5.02 Å². The number of aromatic nitrogens is 3. The van der Waals surface area contributed by atoms with Crippen molar-refractivity contribution in [3.8, 4) is 11.4 Å². The van der Waals surface area contributed by atoms with E-state index < -0.39 is 0 Å². The van der Waals surface area contributed by atoms with E-state index in [2.05, 4.69) is 42.5 Å². The predicted octanol–water partition coefficient (Wildman–Crippen LogP) is 5.15. The quantitative estimate of drug-likeness (QED) is 0.548. The lowest BCUT2D eigenvalue weighted by Gasteiger charge is -2.16. The second kappa shape index (κ2) is 8.16. The summed E-state index contributed by atoms with van der Waals surface area (Å²) in [5.74, 6) is 0.926. The van der Waals surface area contributed by atoms with E-state index in [-0.39, 0.29) is 0 Å². The molecule has 0 saturated heterocycles. The maximum Gasteiger partial charge on any atom is 0.199 e. The molecular weight excluding hydrogens is 364 g/mol. The summed E-state index contributed by atoms with van der Waals surface area (Å²) in [6.07, 6.45) is 0. The summed E-state index contributed by atoms with van der Waals surface area (Å²) < 4.78 is 4.73. The number of hydrogen-bond acceptors (Lipinski definition) is 3. The van der Waals surface area contributed by atoms with Crippen molar-refractivity contribution in [1.82, 2.24) is 19.2 Å². The van der Waals surface area contributed by atoms with Crippen molar-refractivity contribution in [2.24, 2.45) is 0 Å². The van der Waals surface area contributed by atoms with E-state index in [4.69, 9.17) is 28.9 Å². The van der Waals surface area contributed by atoms with Crippen LogP contribution in [0.3, 0.4) is 0 Å². The van der Waals surface area contributed by atoms with Crippen molar-refractivity contribution in [3.05, 3.63) is 69.5 Å². The van der Waals surface area contributed by atoms with Gasteiger partial charge >= 0.3 is 0 Å². The fourth-order valence-corrected chi connectivity index (χ4v) is 3.46. The van der Waals surface area contributed by atoms with Crippen LogP contribution in [-0.2, 0) is 19.8 Å². The van der Waals surface area contributed by atoms with E-state index in [1.165, 1.54) is 11.1 Å². The van der Waals surface area contributed by atoms with E-state index in [1.54, 1.807) is 0 Å². The average Bonchev–Trinajstić information content (AvgIpc) is 2.93. The molecule has 0 fully saturated rings. The van der Waals surface area contributed by atoms with Crippen molar-refractivity contribution < 1.29 is 0 Å². The van der Waals surface area contributed by atoms with Gasteiger partial charge in [-0.25, -0.2) is 4.68 Å². The van der Waals surface area contributed by atoms with Crippen LogP contribution in [0.1, 0.15) is 18.1 Å². The van der Waals surface area contributed by atoms with E-state index in [0.717, 1.165) is 34.3 Å². The van der Waals surface area contributed by atoms with E-state index >= 15 is 0 Å². The van der Waals surface area contributed by atoms with Crippen LogP contribution in [-0.4, -0.2) is 26.3 Å². The Kier molecular flexibility index (Phi) is 5.91. The molecule has 0 spiro atoms. The fourth-order valence-electron chi connectivity index (χ4n) is 3.02. The Hall–Kier alpha value is -1.95. The molecular formula is C20H23ClN4S. The van der Waals surface area contributed by atoms with Crippen molar-refractivity contribution >= 4 is 23.8 Å². The van der Waals surface area contributed by atoms with Crippen molar-refractivity contribution in [2.75, 3.05) is 7.05 Å². The normalized spacial score (nSPS) is 11.3. The van der Waals surface area contributed by atoms with Crippen LogP contribution in [0.5, 0.6) is 0 Å². The largest absolute Gasteiger partial charge is 0.300 e. The van der Waals surface area contributed by atoms with Gasteiger partial charge in [-0.15, -0.1) is 0 Å². The average molecular weight is 387 g/mol. The monoisotopic (exact) mass is 386 g/mol. The lowest BCUT2D eigenvalue weighted by molar-refractivity contribution is 0.244. The highest BCUT2D eigenvalue weighted by Crippen LogP contribution is 2.22. The van der Waals surface area contributed by atoms with Gasteiger partial charge in [0.25, 0.3) is 0 Å². The van der Waals surface area contributed by atoms with Gasteiger partial charge in [-0.3, -0.25) is 4.90 Å². The second-order valence-electron chi connectivity index (χ2n) is 6.45. The maximum absolute atomic E-state index is 5.96. The van der Waals surface area contributed by atoms with E-state index in [1.807, 2.05) is 41.1 Å². The highest BCUT2D eigenvalue weighted by molar-refractivity contribution is 7.71. The first kappa shape index (κ1) is 18.8. The lowest BCUT2D eigenvalue weighted by atomic mass is 10.1. The van der Waals surface area contributed by atoms with Crippen LogP contribution in [0.15, 0.2) is 48.5 Å². The van der Waals surface area contributed by atoms with Gasteiger partial charge in [-0.1, -0.05) is 48.0 Å². The molecule has 1 heterocycles. The Morgan fingerprint density at radius 1 is 1.12 bits per heavy atom. The zero-order valence-electron chi connectivity index (χ0n) is 15.3. The molecule has 3 aromatic rings. The second-order valence-corrected chi connectivity index (χ2v) is 7.25. The first-order valence-electron chi connectivity index (χ1n) is 8.66. The van der Waals surface area contributed by atoms with Gasteiger partial charge in [0.1, 0.15) is 0 Å². The van der Waals surface area contributed by atoms with Crippen molar-refractivity contribution in [1.29, 1.82) is 0 Å². The summed E-state index contributed by atoms with van der Waals surface area (Å²) in [4.78, 5) is 2.19. The Balaban J connectivity index is 1.85. The summed E-state index contributed by atoms with van der Waals surface area (Å²) in [7, 11) is 2.06. The van der Waals surface area contributed by atoms with Gasteiger partial charge in [0, 0.05) is 23.7 Å². The summed E-state index contributed by atoms with van der Waals surface area (Å²) in [6.45, 7) is 6.43. The van der Waals surface area contributed by atoms with E-state index in [0.29, 0.717) is 6.67 Å². The third kappa shape index (κ3) is 4.06. The van der Waals surface area contributed by atoms with Gasteiger partial charge in [0.2, 0.25) is 0 Å². The minimum Gasteiger partial charge on any atom is -0.300 e. The van der Waals surface area contributed by atoms with Crippen LogP contribution < -0.4 is 0 Å². The molecule has 0 unspecified atom stereocenters. The van der Waals surface area contributed by atoms with Crippen LogP contribution >= 0.6 is 23.8 Å². The fraction of sp³-hybridized carbons (Fsp3) is 0.300. The Bertz CT molecular complexity index is 943.